The van der Waals surface area contributed by atoms with Crippen molar-refractivity contribution in [2.45, 2.75) is 24.7 Å². The normalized spacial score (nSPS) is 14.7. The maximum absolute atomic E-state index is 13.3. The van der Waals surface area contributed by atoms with Gasteiger partial charge in [-0.1, -0.05) is 18.2 Å². The van der Waals surface area contributed by atoms with E-state index in [9.17, 15) is 13.2 Å². The van der Waals surface area contributed by atoms with Crippen LogP contribution in [0.2, 0.25) is 0 Å². The van der Waals surface area contributed by atoms with Crippen LogP contribution in [0.25, 0.3) is 11.1 Å². The number of nitrogens with zero attached hydrogens (tertiary/aromatic N) is 2. The molecule has 1 aromatic heterocycles. The fraction of sp³-hybridized carbons (Fsp3) is 0.278. The number of aromatic nitrogens is 1. The Morgan fingerprint density at radius 1 is 1.16 bits per heavy atom. The molecule has 0 unspecified atom stereocenters. The molecule has 0 fully saturated rings. The van der Waals surface area contributed by atoms with E-state index < -0.39 is 15.8 Å². The summed E-state index contributed by atoms with van der Waals surface area (Å²) in [5, 5.41) is 0. The Labute approximate surface area is 145 Å². The third kappa shape index (κ3) is 2.38. The minimum atomic E-state index is -3.74. The molecule has 0 radical (unpaired) electrons. The van der Waals surface area contributed by atoms with E-state index in [1.807, 2.05) is 24.3 Å². The summed E-state index contributed by atoms with van der Waals surface area (Å²) >= 11 is 0. The van der Waals surface area contributed by atoms with Crippen molar-refractivity contribution >= 4 is 26.8 Å². The van der Waals surface area contributed by atoms with Crippen molar-refractivity contribution in [1.29, 1.82) is 0 Å². The first kappa shape index (κ1) is 16.0. The van der Waals surface area contributed by atoms with E-state index in [2.05, 4.69) is 0 Å². The van der Waals surface area contributed by atoms with Crippen LogP contribution in [0.5, 0.6) is 0 Å². The lowest BCUT2D eigenvalue weighted by atomic mass is 10.0. The molecule has 0 bridgehead atoms. The summed E-state index contributed by atoms with van der Waals surface area (Å²) in [6, 6.07) is 10.7. The van der Waals surface area contributed by atoms with Crippen LogP contribution in [0.1, 0.15) is 17.5 Å². The van der Waals surface area contributed by atoms with Gasteiger partial charge in [-0.2, -0.15) is 0 Å². The van der Waals surface area contributed by atoms with Gasteiger partial charge in [-0.15, -0.1) is 0 Å². The number of benzene rings is 2. The molecule has 3 aromatic rings. The fourth-order valence-corrected chi connectivity index (χ4v) is 5.17. The number of oxazole rings is 1. The molecule has 2 heterocycles. The topological polar surface area (TPSA) is 72.5 Å². The first-order chi connectivity index (χ1) is 11.9. The molecule has 25 heavy (non-hydrogen) atoms. The second-order valence-electron chi connectivity index (χ2n) is 6.32. The molecule has 1 aliphatic heterocycles. The zero-order valence-corrected chi connectivity index (χ0v) is 14.8. The van der Waals surface area contributed by atoms with Gasteiger partial charge in [0.25, 0.3) is 10.0 Å². The number of hydrogen-bond donors (Lipinski definition) is 0. The molecule has 1 aliphatic rings. The maximum atomic E-state index is 13.3. The largest absolute Gasteiger partial charge is 0.419 e. The molecule has 0 amide bonds. The SMILES string of the molecule is Cc1cc2c(cc1S(=O)(=O)N1CCCc3ccccc31)oc(=O)n2C. The molecule has 0 saturated heterocycles. The van der Waals surface area contributed by atoms with Gasteiger partial charge >= 0.3 is 5.76 Å². The van der Waals surface area contributed by atoms with E-state index in [-0.39, 0.29) is 10.5 Å². The van der Waals surface area contributed by atoms with Gasteiger partial charge in [0, 0.05) is 19.7 Å². The van der Waals surface area contributed by atoms with Crippen LogP contribution in [0.15, 0.2) is 50.5 Å². The van der Waals surface area contributed by atoms with Crippen LogP contribution in [-0.2, 0) is 23.5 Å². The average Bonchev–Trinajstić information content (AvgIpc) is 2.88. The molecule has 2 aromatic carbocycles. The van der Waals surface area contributed by atoms with Crippen LogP contribution in [0, 0.1) is 6.92 Å². The minimum absolute atomic E-state index is 0.172. The maximum Gasteiger partial charge on any atom is 0.419 e. The van der Waals surface area contributed by atoms with E-state index in [4.69, 9.17) is 4.42 Å². The number of hydrogen-bond acceptors (Lipinski definition) is 4. The quantitative estimate of drug-likeness (QED) is 0.706. The van der Waals surface area contributed by atoms with Gasteiger partial charge in [-0.3, -0.25) is 8.87 Å². The van der Waals surface area contributed by atoms with Crippen molar-refractivity contribution in [3.63, 3.8) is 0 Å². The van der Waals surface area contributed by atoms with Crippen LogP contribution in [0.4, 0.5) is 5.69 Å². The third-order valence-corrected chi connectivity index (χ3v) is 6.68. The van der Waals surface area contributed by atoms with Gasteiger partial charge in [0.2, 0.25) is 0 Å². The van der Waals surface area contributed by atoms with E-state index in [0.717, 1.165) is 24.1 Å². The zero-order chi connectivity index (χ0) is 17.8. The number of anilines is 1. The van der Waals surface area contributed by atoms with E-state index in [1.165, 1.54) is 14.9 Å². The zero-order valence-electron chi connectivity index (χ0n) is 14.0. The summed E-state index contributed by atoms with van der Waals surface area (Å²) in [7, 11) is -2.14. The predicted molar refractivity (Wildman–Crippen MR) is 95.5 cm³/mol. The summed E-state index contributed by atoms with van der Waals surface area (Å²) in [5.74, 6) is -0.507. The van der Waals surface area contributed by atoms with Crippen molar-refractivity contribution in [3.05, 3.63) is 58.1 Å². The summed E-state index contributed by atoms with van der Waals surface area (Å²) in [6.45, 7) is 2.18. The Morgan fingerprint density at radius 2 is 1.92 bits per heavy atom. The third-order valence-electron chi connectivity index (χ3n) is 4.72. The van der Waals surface area contributed by atoms with Crippen LogP contribution < -0.4 is 10.1 Å². The summed E-state index contributed by atoms with van der Waals surface area (Å²) in [4.78, 5) is 11.9. The smallest absolute Gasteiger partial charge is 0.408 e. The van der Waals surface area contributed by atoms with Crippen LogP contribution in [-0.4, -0.2) is 19.5 Å². The molecule has 0 aliphatic carbocycles. The first-order valence-electron chi connectivity index (χ1n) is 8.10. The molecular formula is C18H18N2O4S. The summed E-state index contributed by atoms with van der Waals surface area (Å²) < 4.78 is 34.6. The Kier molecular flexibility index (Phi) is 3.50. The number of sulfonamides is 1. The highest BCUT2D eigenvalue weighted by Crippen LogP contribution is 2.33. The van der Waals surface area contributed by atoms with Gasteiger partial charge in [0.15, 0.2) is 5.58 Å². The van der Waals surface area contributed by atoms with Gasteiger partial charge in [0.1, 0.15) is 0 Å². The number of fused-ring (bicyclic) bond motifs is 2. The van der Waals surface area contributed by atoms with E-state index >= 15 is 0 Å². The van der Waals surface area contributed by atoms with Crippen molar-refractivity contribution < 1.29 is 12.8 Å². The Morgan fingerprint density at radius 3 is 2.72 bits per heavy atom. The highest BCUT2D eigenvalue weighted by molar-refractivity contribution is 7.92. The van der Waals surface area contributed by atoms with E-state index in [0.29, 0.717) is 17.6 Å². The van der Waals surface area contributed by atoms with Crippen LogP contribution in [0.3, 0.4) is 0 Å². The molecule has 4 rings (SSSR count). The summed E-state index contributed by atoms with van der Waals surface area (Å²) in [6.07, 6.45) is 1.64. The molecule has 7 heteroatoms. The van der Waals surface area contributed by atoms with Gasteiger partial charge in [-0.05, 0) is 43.0 Å². The average molecular weight is 358 g/mol. The molecule has 0 spiro atoms. The monoisotopic (exact) mass is 358 g/mol. The first-order valence-corrected chi connectivity index (χ1v) is 9.54. The van der Waals surface area contributed by atoms with Crippen molar-refractivity contribution in [2.24, 2.45) is 7.05 Å². The number of aryl methyl sites for hydroxylation is 3. The van der Waals surface area contributed by atoms with Crippen molar-refractivity contribution in [1.82, 2.24) is 4.57 Å². The minimum Gasteiger partial charge on any atom is -0.408 e. The second-order valence-corrected chi connectivity index (χ2v) is 8.15. The van der Waals surface area contributed by atoms with Gasteiger partial charge < -0.3 is 4.42 Å². The Hall–Kier alpha value is -2.54. The molecule has 0 saturated carbocycles. The second kappa shape index (κ2) is 5.49. The predicted octanol–water partition coefficient (Wildman–Crippen LogP) is 2.58. The molecule has 0 atom stereocenters. The lowest BCUT2D eigenvalue weighted by Crippen LogP contribution is -2.35. The fourth-order valence-electron chi connectivity index (χ4n) is 3.40. The highest BCUT2D eigenvalue weighted by Gasteiger charge is 2.30. The molecule has 0 N–H and O–H groups in total. The van der Waals surface area contributed by atoms with Gasteiger partial charge in [0.05, 0.1) is 16.1 Å². The van der Waals surface area contributed by atoms with Gasteiger partial charge in [-0.25, -0.2) is 13.2 Å². The molecule has 130 valence electrons. The molecule has 6 nitrogen and oxygen atoms in total. The Balaban J connectivity index is 1.91. The Bertz CT molecular complexity index is 1140. The number of para-hydroxylation sites is 1. The molecular weight excluding hydrogens is 340 g/mol. The highest BCUT2D eigenvalue weighted by atomic mass is 32.2. The lowest BCUT2D eigenvalue weighted by molar-refractivity contribution is 0.527. The number of rotatable bonds is 2. The van der Waals surface area contributed by atoms with E-state index in [1.54, 1.807) is 20.0 Å². The van der Waals surface area contributed by atoms with Crippen molar-refractivity contribution in [3.8, 4) is 0 Å². The standard InChI is InChI=1S/C18H18N2O4S/c1-12-10-15-16(24-18(21)19(15)2)11-17(12)25(22,23)20-9-5-7-13-6-3-4-8-14(13)20/h3-4,6,8,10-11H,5,7,9H2,1-2H3. The van der Waals surface area contributed by atoms with Crippen molar-refractivity contribution in [2.75, 3.05) is 10.8 Å². The summed E-state index contributed by atoms with van der Waals surface area (Å²) in [5.41, 5.74) is 3.21. The van der Waals surface area contributed by atoms with Crippen LogP contribution >= 0.6 is 0 Å². The lowest BCUT2D eigenvalue weighted by Gasteiger charge is -2.30.